The standard InChI is InChI=1S/C18H19FN2.ClH/c1-4-11-21-13(3)12(2)17-18(21)16(9-10-20-17)14-5-7-15(19)8-6-14;/h5-10H,4,11H2,1-3H3;1H. The first-order chi connectivity index (χ1) is 10.1. The van der Waals surface area contributed by atoms with Gasteiger partial charge in [0, 0.05) is 24.0 Å². The van der Waals surface area contributed by atoms with Gasteiger partial charge in [-0.1, -0.05) is 19.1 Å². The van der Waals surface area contributed by atoms with E-state index in [9.17, 15) is 4.39 Å². The van der Waals surface area contributed by atoms with Crippen molar-refractivity contribution in [1.82, 2.24) is 9.55 Å². The van der Waals surface area contributed by atoms with Gasteiger partial charge in [-0.15, -0.1) is 12.4 Å². The van der Waals surface area contributed by atoms with Crippen LogP contribution >= 0.6 is 12.4 Å². The number of aryl methyl sites for hydroxylation is 2. The van der Waals surface area contributed by atoms with Gasteiger partial charge in [0.1, 0.15) is 5.82 Å². The van der Waals surface area contributed by atoms with E-state index in [2.05, 4.69) is 30.3 Å². The van der Waals surface area contributed by atoms with Gasteiger partial charge in [0.05, 0.1) is 11.0 Å². The predicted molar refractivity (Wildman–Crippen MR) is 92.1 cm³/mol. The van der Waals surface area contributed by atoms with Gasteiger partial charge >= 0.3 is 0 Å². The first-order valence-electron chi connectivity index (χ1n) is 7.33. The third-order valence-electron chi connectivity index (χ3n) is 4.10. The number of pyridine rings is 1. The van der Waals surface area contributed by atoms with Gasteiger partial charge < -0.3 is 4.57 Å². The van der Waals surface area contributed by atoms with Gasteiger partial charge in [-0.25, -0.2) is 4.39 Å². The van der Waals surface area contributed by atoms with Crippen LogP contribution in [0.15, 0.2) is 36.5 Å². The molecule has 2 aromatic heterocycles. The normalized spacial score (nSPS) is 10.7. The summed E-state index contributed by atoms with van der Waals surface area (Å²) in [5, 5.41) is 0. The van der Waals surface area contributed by atoms with Gasteiger partial charge in [-0.2, -0.15) is 0 Å². The Balaban J connectivity index is 0.00000176. The SMILES string of the molecule is CCCn1c(C)c(C)c2nccc(-c3ccc(F)cc3)c21.Cl. The number of hydrogen-bond acceptors (Lipinski definition) is 1. The maximum Gasteiger partial charge on any atom is 0.123 e. The summed E-state index contributed by atoms with van der Waals surface area (Å²) in [5.41, 5.74) is 6.82. The second-order valence-electron chi connectivity index (χ2n) is 5.42. The lowest BCUT2D eigenvalue weighted by Crippen LogP contribution is -2.00. The molecule has 0 atom stereocenters. The molecule has 3 rings (SSSR count). The predicted octanol–water partition coefficient (Wildman–Crippen LogP) is 5.29. The van der Waals surface area contributed by atoms with E-state index in [1.165, 1.54) is 23.4 Å². The number of halogens is 2. The monoisotopic (exact) mass is 318 g/mol. The lowest BCUT2D eigenvalue weighted by Gasteiger charge is -2.10. The molecule has 116 valence electrons. The van der Waals surface area contributed by atoms with E-state index in [1.54, 1.807) is 0 Å². The molecule has 0 aliphatic carbocycles. The maximum absolute atomic E-state index is 13.2. The minimum Gasteiger partial charge on any atom is -0.343 e. The zero-order valence-electron chi connectivity index (χ0n) is 13.1. The Bertz CT molecular complexity index is 791. The zero-order valence-corrected chi connectivity index (χ0v) is 13.9. The van der Waals surface area contributed by atoms with Crippen molar-refractivity contribution in [3.05, 3.63) is 53.6 Å². The van der Waals surface area contributed by atoms with Crippen LogP contribution in [0, 0.1) is 19.7 Å². The van der Waals surface area contributed by atoms with Crippen LogP contribution in [0.2, 0.25) is 0 Å². The molecule has 0 radical (unpaired) electrons. The highest BCUT2D eigenvalue weighted by atomic mass is 35.5. The molecule has 3 aromatic rings. The molecule has 0 saturated carbocycles. The van der Waals surface area contributed by atoms with Crippen molar-refractivity contribution in [1.29, 1.82) is 0 Å². The molecule has 1 aromatic carbocycles. The second kappa shape index (κ2) is 6.49. The summed E-state index contributed by atoms with van der Waals surface area (Å²) >= 11 is 0. The van der Waals surface area contributed by atoms with E-state index in [4.69, 9.17) is 0 Å². The van der Waals surface area contributed by atoms with Gasteiger partial charge in [-0.3, -0.25) is 4.98 Å². The van der Waals surface area contributed by atoms with E-state index in [0.29, 0.717) is 0 Å². The van der Waals surface area contributed by atoms with Gasteiger partial charge in [-0.05, 0) is 49.6 Å². The van der Waals surface area contributed by atoms with Gasteiger partial charge in [0.2, 0.25) is 0 Å². The first kappa shape index (κ1) is 16.5. The van der Waals surface area contributed by atoms with Gasteiger partial charge in [0.25, 0.3) is 0 Å². The Morgan fingerprint density at radius 1 is 1.09 bits per heavy atom. The number of fused-ring (bicyclic) bond motifs is 1. The van der Waals surface area contributed by atoms with Crippen molar-refractivity contribution in [3.8, 4) is 11.1 Å². The van der Waals surface area contributed by atoms with E-state index in [0.717, 1.165) is 35.1 Å². The molecule has 0 spiro atoms. The molecule has 0 amide bonds. The van der Waals surface area contributed by atoms with Crippen molar-refractivity contribution in [3.63, 3.8) is 0 Å². The average Bonchev–Trinajstić information content (AvgIpc) is 2.74. The molecule has 2 heterocycles. The highest BCUT2D eigenvalue weighted by Crippen LogP contribution is 2.32. The number of rotatable bonds is 3. The summed E-state index contributed by atoms with van der Waals surface area (Å²) in [7, 11) is 0. The summed E-state index contributed by atoms with van der Waals surface area (Å²) in [6, 6.07) is 8.69. The topological polar surface area (TPSA) is 17.8 Å². The van der Waals surface area contributed by atoms with Crippen molar-refractivity contribution >= 4 is 23.4 Å². The van der Waals surface area contributed by atoms with Crippen molar-refractivity contribution < 1.29 is 4.39 Å². The molecule has 0 fully saturated rings. The van der Waals surface area contributed by atoms with Crippen LogP contribution in [-0.4, -0.2) is 9.55 Å². The van der Waals surface area contributed by atoms with E-state index < -0.39 is 0 Å². The molecule has 2 nitrogen and oxygen atoms in total. The molecule has 0 bridgehead atoms. The second-order valence-corrected chi connectivity index (χ2v) is 5.42. The average molecular weight is 319 g/mol. The molecular weight excluding hydrogens is 299 g/mol. The van der Waals surface area contributed by atoms with Gasteiger partial charge in [0.15, 0.2) is 0 Å². The Labute approximate surface area is 136 Å². The highest BCUT2D eigenvalue weighted by Gasteiger charge is 2.15. The molecule has 4 heteroatoms. The zero-order chi connectivity index (χ0) is 15.0. The number of nitrogens with zero attached hydrogens (tertiary/aromatic N) is 2. The van der Waals surface area contributed by atoms with Crippen LogP contribution in [0.1, 0.15) is 24.6 Å². The summed E-state index contributed by atoms with van der Waals surface area (Å²) in [4.78, 5) is 4.55. The summed E-state index contributed by atoms with van der Waals surface area (Å²) in [6.07, 6.45) is 2.91. The fraction of sp³-hybridized carbons (Fsp3) is 0.278. The quantitative estimate of drug-likeness (QED) is 0.641. The summed E-state index contributed by atoms with van der Waals surface area (Å²) < 4.78 is 15.5. The third-order valence-corrected chi connectivity index (χ3v) is 4.10. The Kier molecular flexibility index (Phi) is 4.87. The molecule has 0 saturated heterocycles. The molecule has 0 aliphatic heterocycles. The molecular formula is C18H20ClFN2. The number of aromatic nitrogens is 2. The van der Waals surface area contributed by atoms with Crippen LogP contribution in [-0.2, 0) is 6.54 Å². The molecule has 0 unspecified atom stereocenters. The lowest BCUT2D eigenvalue weighted by molar-refractivity contribution is 0.628. The molecule has 0 aliphatic rings. The number of benzene rings is 1. The first-order valence-corrected chi connectivity index (χ1v) is 7.33. The van der Waals surface area contributed by atoms with Crippen LogP contribution in [0.5, 0.6) is 0 Å². The minimum atomic E-state index is -0.208. The number of hydrogen-bond donors (Lipinski definition) is 0. The van der Waals surface area contributed by atoms with E-state index in [-0.39, 0.29) is 18.2 Å². The van der Waals surface area contributed by atoms with E-state index in [1.807, 2.05) is 24.4 Å². The fourth-order valence-corrected chi connectivity index (χ4v) is 2.91. The van der Waals surface area contributed by atoms with Crippen LogP contribution < -0.4 is 0 Å². The van der Waals surface area contributed by atoms with Crippen molar-refractivity contribution in [2.45, 2.75) is 33.7 Å². The van der Waals surface area contributed by atoms with Crippen LogP contribution in [0.25, 0.3) is 22.2 Å². The van der Waals surface area contributed by atoms with Crippen LogP contribution in [0.4, 0.5) is 4.39 Å². The lowest BCUT2D eigenvalue weighted by atomic mass is 10.0. The maximum atomic E-state index is 13.2. The minimum absolute atomic E-state index is 0. The third kappa shape index (κ3) is 2.61. The highest BCUT2D eigenvalue weighted by molar-refractivity contribution is 5.94. The molecule has 0 N–H and O–H groups in total. The fourth-order valence-electron chi connectivity index (χ4n) is 2.91. The van der Waals surface area contributed by atoms with Crippen LogP contribution in [0.3, 0.4) is 0 Å². The summed E-state index contributed by atoms with van der Waals surface area (Å²) in [5.74, 6) is -0.208. The summed E-state index contributed by atoms with van der Waals surface area (Å²) in [6.45, 7) is 7.40. The van der Waals surface area contributed by atoms with Crippen molar-refractivity contribution in [2.24, 2.45) is 0 Å². The van der Waals surface area contributed by atoms with Crippen molar-refractivity contribution in [2.75, 3.05) is 0 Å². The largest absolute Gasteiger partial charge is 0.343 e. The Morgan fingerprint density at radius 3 is 2.41 bits per heavy atom. The molecule has 22 heavy (non-hydrogen) atoms. The smallest absolute Gasteiger partial charge is 0.123 e. The Hall–Kier alpha value is -1.87. The van der Waals surface area contributed by atoms with E-state index >= 15 is 0 Å². The Morgan fingerprint density at radius 2 is 1.77 bits per heavy atom.